The number of carbonyl (C=O) groups excluding carboxylic acids is 1. The molecule has 4 rings (SSSR count). The van der Waals surface area contributed by atoms with Crippen LogP contribution in [-0.2, 0) is 21.2 Å². The van der Waals surface area contributed by atoms with Crippen LogP contribution in [0.15, 0.2) is 78.0 Å². The number of anilines is 1. The lowest BCUT2D eigenvalue weighted by Gasteiger charge is -2.20. The van der Waals surface area contributed by atoms with Crippen molar-refractivity contribution in [1.29, 1.82) is 0 Å². The van der Waals surface area contributed by atoms with Crippen LogP contribution in [0.25, 0.3) is 10.2 Å². The van der Waals surface area contributed by atoms with E-state index in [1.54, 1.807) is 47.6 Å². The van der Waals surface area contributed by atoms with Crippen LogP contribution in [-0.4, -0.2) is 30.0 Å². The van der Waals surface area contributed by atoms with Crippen molar-refractivity contribution in [2.75, 3.05) is 10.7 Å². The van der Waals surface area contributed by atoms with Crippen LogP contribution >= 0.6 is 11.3 Å². The lowest BCUT2D eigenvalue weighted by atomic mass is 10.2. The van der Waals surface area contributed by atoms with E-state index in [1.807, 2.05) is 31.2 Å². The highest BCUT2D eigenvalue weighted by Gasteiger charge is 2.22. The zero-order valence-electron chi connectivity index (χ0n) is 17.6. The Hall–Kier alpha value is -3.10. The Kier molecular flexibility index (Phi) is 6.62. The van der Waals surface area contributed by atoms with Gasteiger partial charge in [0.15, 0.2) is 15.0 Å². The molecule has 4 aromatic rings. The number of rotatable bonds is 8. The van der Waals surface area contributed by atoms with Crippen molar-refractivity contribution >= 4 is 42.4 Å². The highest BCUT2D eigenvalue weighted by atomic mass is 32.2. The Morgan fingerprint density at radius 1 is 1.06 bits per heavy atom. The van der Waals surface area contributed by atoms with Gasteiger partial charge in [0.1, 0.15) is 0 Å². The Balaban J connectivity index is 1.53. The first-order valence-corrected chi connectivity index (χ1v) is 12.7. The molecule has 2 aromatic carbocycles. The van der Waals surface area contributed by atoms with E-state index in [0.29, 0.717) is 11.7 Å². The molecule has 1 amide bonds. The fourth-order valence-electron chi connectivity index (χ4n) is 3.37. The van der Waals surface area contributed by atoms with Crippen molar-refractivity contribution in [2.45, 2.75) is 31.2 Å². The third-order valence-corrected chi connectivity index (χ3v) is 7.89. The molecular formula is C24H23N3O3S2. The van der Waals surface area contributed by atoms with Gasteiger partial charge in [-0.1, -0.05) is 41.7 Å². The molecule has 0 saturated heterocycles. The lowest BCUT2D eigenvalue weighted by molar-refractivity contribution is -0.118. The third kappa shape index (κ3) is 5.20. The molecule has 6 nitrogen and oxygen atoms in total. The first-order valence-electron chi connectivity index (χ1n) is 10.3. The molecule has 8 heteroatoms. The minimum absolute atomic E-state index is 0.0808. The average molecular weight is 466 g/mol. The minimum atomic E-state index is -3.42. The first kappa shape index (κ1) is 22.1. The number of sulfone groups is 1. The average Bonchev–Trinajstić information content (AvgIpc) is 3.21. The Morgan fingerprint density at radius 2 is 1.88 bits per heavy atom. The standard InChI is InChI=1S/C24H23N3O3S2/c1-18-11-12-21-22(15-18)31-24(26-21)27(17-19-7-5-13-25-16-19)23(28)10-6-14-32(29,30)20-8-3-2-4-9-20/h2-5,7-9,11-13,15-16H,6,10,14,17H2,1H3. The first-order chi connectivity index (χ1) is 15.4. The second kappa shape index (κ2) is 9.58. The summed E-state index contributed by atoms with van der Waals surface area (Å²) in [4.78, 5) is 23.9. The molecule has 0 aliphatic rings. The van der Waals surface area contributed by atoms with Crippen molar-refractivity contribution in [1.82, 2.24) is 9.97 Å². The fourth-order valence-corrected chi connectivity index (χ4v) is 5.78. The van der Waals surface area contributed by atoms with Crippen molar-refractivity contribution in [3.05, 3.63) is 84.2 Å². The summed E-state index contributed by atoms with van der Waals surface area (Å²) >= 11 is 1.46. The predicted octanol–water partition coefficient (Wildman–Crippen LogP) is 4.79. The van der Waals surface area contributed by atoms with Crippen LogP contribution in [0.4, 0.5) is 5.13 Å². The van der Waals surface area contributed by atoms with Crippen LogP contribution in [0.1, 0.15) is 24.0 Å². The monoisotopic (exact) mass is 465 g/mol. The van der Waals surface area contributed by atoms with Gasteiger partial charge in [0.05, 0.1) is 27.4 Å². The van der Waals surface area contributed by atoms with Gasteiger partial charge in [0, 0.05) is 18.8 Å². The predicted molar refractivity (Wildman–Crippen MR) is 128 cm³/mol. The smallest absolute Gasteiger partial charge is 0.229 e. The zero-order valence-corrected chi connectivity index (χ0v) is 19.3. The number of aryl methyl sites for hydroxylation is 1. The number of nitrogens with zero attached hydrogens (tertiary/aromatic N) is 3. The Morgan fingerprint density at radius 3 is 2.62 bits per heavy atom. The van der Waals surface area contributed by atoms with Gasteiger partial charge in [-0.15, -0.1) is 0 Å². The van der Waals surface area contributed by atoms with Gasteiger partial charge in [-0.3, -0.25) is 14.7 Å². The molecule has 32 heavy (non-hydrogen) atoms. The molecule has 0 bridgehead atoms. The second-order valence-corrected chi connectivity index (χ2v) is 10.7. The molecule has 0 atom stereocenters. The molecule has 0 radical (unpaired) electrons. The van der Waals surface area contributed by atoms with E-state index in [2.05, 4.69) is 16.0 Å². The van der Waals surface area contributed by atoms with Gasteiger partial charge in [0.2, 0.25) is 5.91 Å². The highest BCUT2D eigenvalue weighted by Crippen LogP contribution is 2.31. The topological polar surface area (TPSA) is 80.2 Å². The number of aromatic nitrogens is 2. The van der Waals surface area contributed by atoms with Gasteiger partial charge in [0.25, 0.3) is 0 Å². The van der Waals surface area contributed by atoms with E-state index in [4.69, 9.17) is 0 Å². The Bertz CT molecular complexity index is 1320. The van der Waals surface area contributed by atoms with E-state index in [9.17, 15) is 13.2 Å². The van der Waals surface area contributed by atoms with Crippen molar-refractivity contribution in [3.8, 4) is 0 Å². The molecule has 0 aliphatic carbocycles. The van der Waals surface area contributed by atoms with E-state index in [0.717, 1.165) is 21.3 Å². The maximum Gasteiger partial charge on any atom is 0.229 e. The summed E-state index contributed by atoms with van der Waals surface area (Å²) in [5.41, 5.74) is 2.85. The quantitative estimate of drug-likeness (QED) is 0.374. The summed E-state index contributed by atoms with van der Waals surface area (Å²) in [5.74, 6) is -0.240. The molecule has 0 unspecified atom stereocenters. The number of carbonyl (C=O) groups is 1. The summed E-state index contributed by atoms with van der Waals surface area (Å²) in [6.07, 6.45) is 3.76. The molecule has 0 N–H and O–H groups in total. The third-order valence-electron chi connectivity index (χ3n) is 5.03. The van der Waals surface area contributed by atoms with E-state index >= 15 is 0 Å². The number of pyridine rings is 1. The number of hydrogen-bond donors (Lipinski definition) is 0. The normalized spacial score (nSPS) is 11.5. The zero-order chi connectivity index (χ0) is 22.6. The maximum atomic E-state index is 13.2. The summed E-state index contributed by atoms with van der Waals surface area (Å²) in [7, 11) is -3.42. The number of amides is 1. The van der Waals surface area contributed by atoms with Gasteiger partial charge >= 0.3 is 0 Å². The Labute approximate surface area is 191 Å². The molecule has 0 aliphatic heterocycles. The molecule has 164 valence electrons. The van der Waals surface area contributed by atoms with Crippen LogP contribution in [0.2, 0.25) is 0 Å². The van der Waals surface area contributed by atoms with Crippen LogP contribution in [0.5, 0.6) is 0 Å². The molecule has 0 fully saturated rings. The summed E-state index contributed by atoms with van der Waals surface area (Å²) in [6.45, 7) is 2.35. The van der Waals surface area contributed by atoms with Crippen molar-refractivity contribution in [3.63, 3.8) is 0 Å². The van der Waals surface area contributed by atoms with Gasteiger partial charge < -0.3 is 0 Å². The molecule has 0 spiro atoms. The van der Waals surface area contributed by atoms with E-state index in [1.165, 1.54) is 11.3 Å². The van der Waals surface area contributed by atoms with Gasteiger partial charge in [-0.05, 0) is 54.8 Å². The molecule has 2 heterocycles. The summed E-state index contributed by atoms with van der Waals surface area (Å²) in [6, 6.07) is 18.1. The second-order valence-electron chi connectivity index (χ2n) is 7.54. The SMILES string of the molecule is Cc1ccc2nc(N(Cc3cccnc3)C(=O)CCCS(=O)(=O)c3ccccc3)sc2c1. The fraction of sp³-hybridized carbons (Fsp3) is 0.208. The van der Waals surface area contributed by atoms with E-state index < -0.39 is 9.84 Å². The summed E-state index contributed by atoms with van der Waals surface area (Å²) < 4.78 is 26.1. The van der Waals surface area contributed by atoms with Crippen LogP contribution < -0.4 is 4.90 Å². The van der Waals surface area contributed by atoms with Crippen molar-refractivity contribution < 1.29 is 13.2 Å². The van der Waals surface area contributed by atoms with Crippen LogP contribution in [0.3, 0.4) is 0 Å². The molecule has 0 saturated carbocycles. The number of benzene rings is 2. The van der Waals surface area contributed by atoms with Gasteiger partial charge in [-0.2, -0.15) is 0 Å². The largest absolute Gasteiger partial charge is 0.284 e. The van der Waals surface area contributed by atoms with Crippen molar-refractivity contribution in [2.24, 2.45) is 0 Å². The highest BCUT2D eigenvalue weighted by molar-refractivity contribution is 7.91. The minimum Gasteiger partial charge on any atom is -0.284 e. The number of thiazole rings is 1. The molecular weight excluding hydrogens is 442 g/mol. The molecule has 2 aromatic heterocycles. The van der Waals surface area contributed by atoms with E-state index in [-0.39, 0.29) is 29.4 Å². The number of fused-ring (bicyclic) bond motifs is 1. The number of hydrogen-bond acceptors (Lipinski definition) is 6. The lowest BCUT2D eigenvalue weighted by Crippen LogP contribution is -2.30. The van der Waals surface area contributed by atoms with Gasteiger partial charge in [-0.25, -0.2) is 13.4 Å². The summed E-state index contributed by atoms with van der Waals surface area (Å²) in [5, 5.41) is 0.602. The van der Waals surface area contributed by atoms with Crippen LogP contribution in [0, 0.1) is 6.92 Å². The maximum absolute atomic E-state index is 13.2.